The molecule has 1 aromatic carbocycles. The highest BCUT2D eigenvalue weighted by atomic mass is 32.2. The van der Waals surface area contributed by atoms with Gasteiger partial charge < -0.3 is 69.8 Å². The summed E-state index contributed by atoms with van der Waals surface area (Å²) in [6.45, 7) is 14.0. The molecule has 2 unspecified atom stereocenters. The predicted octanol–water partition coefficient (Wildman–Crippen LogP) is 2.44. The van der Waals surface area contributed by atoms with Crippen LogP contribution in [0.4, 0.5) is 14.4 Å². The summed E-state index contributed by atoms with van der Waals surface area (Å²) in [6, 6.07) is 0.0813. The smallest absolute Gasteiger partial charge is 0.312 e. The molecule has 8 atom stereocenters. The first kappa shape index (κ1) is 85.2. The molecule has 1 aromatic rings. The van der Waals surface area contributed by atoms with Gasteiger partial charge in [0.1, 0.15) is 18.7 Å². The van der Waals surface area contributed by atoms with E-state index in [-0.39, 0.29) is 159 Å². The van der Waals surface area contributed by atoms with Gasteiger partial charge in [-0.25, -0.2) is 14.4 Å². The van der Waals surface area contributed by atoms with Crippen LogP contribution < -0.4 is 65.1 Å². The van der Waals surface area contributed by atoms with Gasteiger partial charge in [0.05, 0.1) is 34.7 Å². The van der Waals surface area contributed by atoms with E-state index < -0.39 is 79.2 Å². The molecule has 33 heteroatoms. The number of rotatable bonds is 46. The van der Waals surface area contributed by atoms with Crippen LogP contribution in [-0.4, -0.2) is 203 Å². The molecule has 2 fully saturated rings. The third-order valence-electron chi connectivity index (χ3n) is 16.2. The Morgan fingerprint density at radius 3 is 1.25 bits per heavy atom. The lowest BCUT2D eigenvalue weighted by atomic mass is 9.97. The normalized spacial score (nSPS) is 16.3. The molecule has 0 aromatic heterocycles. The second-order valence-electron chi connectivity index (χ2n) is 25.4. The number of thioether (sulfide) groups is 2. The van der Waals surface area contributed by atoms with Crippen molar-refractivity contribution in [1.82, 2.24) is 57.7 Å². The molecular formula is C68H112N14O17S2. The number of carbonyl (C=O) groups excluding carboxylic acids is 16. The Bertz CT molecular complexity index is 3010. The zero-order valence-electron chi connectivity index (χ0n) is 62.9. The van der Waals surface area contributed by atoms with Crippen LogP contribution in [0.2, 0.25) is 0 Å². The van der Waals surface area contributed by atoms with Gasteiger partial charge >= 0.3 is 18.1 Å². The van der Waals surface area contributed by atoms with E-state index in [0.29, 0.717) is 102 Å². The van der Waals surface area contributed by atoms with Crippen LogP contribution >= 0.6 is 23.5 Å². The van der Waals surface area contributed by atoms with Crippen LogP contribution in [0, 0.1) is 17.8 Å². The number of nitrogens with one attached hydrogen (secondary N) is 9. The van der Waals surface area contributed by atoms with Crippen molar-refractivity contribution in [3.63, 3.8) is 0 Å². The number of nitrogens with two attached hydrogens (primary N) is 3. The number of hydrogen-bond acceptors (Lipinski definition) is 20. The van der Waals surface area contributed by atoms with E-state index in [2.05, 4.69) is 52.6 Å². The average Bonchev–Trinajstić information content (AvgIpc) is 1.69. The van der Waals surface area contributed by atoms with Crippen molar-refractivity contribution in [2.75, 3.05) is 51.8 Å². The van der Waals surface area contributed by atoms with Gasteiger partial charge in [0.25, 0.3) is 6.45 Å². The number of ether oxygens (including phenoxy) is 1. The number of imide groups is 2. The van der Waals surface area contributed by atoms with Crippen molar-refractivity contribution < 1.29 is 85.6 Å². The molecule has 2 aliphatic rings. The highest BCUT2D eigenvalue weighted by Crippen LogP contribution is 2.25. The second-order valence-corrected chi connectivity index (χ2v) is 27.4. The second kappa shape index (κ2) is 50.2. The third kappa shape index (κ3) is 36.8. The standard InChI is InChI=1S/C31H45N5O8S.C23H39N5O6S.C14H28N4O3/c1-20(2)28(35-26(39)9-5-4-6-15-36-27(40)17-25(45-3)30(36)42)29(41)34-23(8-7-14-33-31(32)43)24(38)16-21-10-12-22(13-11-21)18-44-19-37;1-14(2)20(21(32)26-16(15(3)29)9-8-11-25-23(24)34)27-18(30)10-6-5-7-12-28-19(31)13-17(35-4)22(28)33;1-5-16-12(9(2)3)13(20)18-11(10(4)19)7-6-8-17-14(15)21/h10-13,19-20,23,25,28H,4-9,14-18H2,1-3H3,(H,34,41)(H,35,39)(H3,32,33,43);14,16-17,20H,5-13H2,1-4H3,(H,26,32)(H,27,30)(H3,24,25,34);9,11-12,16H,5-8H2,1-4H3,(H,18,20)(H3,15,17,21)/t23-,25?,28-;16-,17?,20-;11-,12-/m000/s1/i19D;3D;4D. The van der Waals surface area contributed by atoms with Gasteiger partial charge in [-0.3, -0.25) is 72.1 Å². The molecule has 0 aliphatic carbocycles. The van der Waals surface area contributed by atoms with Crippen LogP contribution in [0.3, 0.4) is 0 Å². The van der Waals surface area contributed by atoms with Gasteiger partial charge in [-0.05, 0) is 126 Å². The monoisotopic (exact) mass is 1460 g/mol. The highest BCUT2D eigenvalue weighted by Gasteiger charge is 2.39. The van der Waals surface area contributed by atoms with E-state index in [1.54, 1.807) is 64.5 Å². The van der Waals surface area contributed by atoms with Crippen molar-refractivity contribution in [2.45, 2.75) is 225 Å². The first-order valence-electron chi connectivity index (χ1n) is 36.0. The lowest BCUT2D eigenvalue weighted by Gasteiger charge is -2.25. The Morgan fingerprint density at radius 1 is 0.545 bits per heavy atom. The molecule has 0 saturated carbocycles. The largest absolute Gasteiger partial charge is 0.463 e. The zero-order valence-corrected chi connectivity index (χ0v) is 61.6. The summed E-state index contributed by atoms with van der Waals surface area (Å²) < 4.78 is 26.0. The molecule has 15 amide bonds. The summed E-state index contributed by atoms with van der Waals surface area (Å²) in [5, 5.41) is 23.4. The van der Waals surface area contributed by atoms with Crippen LogP contribution in [0.25, 0.3) is 0 Å². The molecule has 2 heterocycles. The number of benzene rings is 1. The molecule has 0 spiro atoms. The number of urea groups is 3. The number of unbranched alkanes of at least 4 members (excludes halogenated alkanes) is 4. The quantitative estimate of drug-likeness (QED) is 0.0253. The molecule has 2 saturated heterocycles. The van der Waals surface area contributed by atoms with Crippen molar-refractivity contribution in [3.8, 4) is 0 Å². The maximum absolute atomic E-state index is 13.3. The first-order chi connectivity index (χ1) is 49.2. The SMILES string of the molecule is [2H]C(=O)OCc1ccc(CC(=O)[C@H](CCCNC(N)=O)NC(=O)[C@@H](NC(=O)CCCCCN2C(=O)CC(SC)C2=O)C(C)C)cc1.[2H]CC(=O)[C@H](CCCNC(N)=O)NC(=O)[C@@H](NC(=O)CCCCCN1C(=O)CC(SC)C1=O)C(C)C.[2H]CC(=O)[C@H](CCCNC(N)=O)NC(=O)[C@@H](NCC)C(C)C. The van der Waals surface area contributed by atoms with Gasteiger partial charge in [0.15, 0.2) is 18.7 Å². The fourth-order valence-electron chi connectivity index (χ4n) is 10.5. The number of likely N-dealkylation sites (tertiary alicyclic amines) is 2. The third-order valence-corrected chi connectivity index (χ3v) is 18.0. The zero-order chi connectivity index (χ0) is 78.6. The van der Waals surface area contributed by atoms with Gasteiger partial charge in [-0.2, -0.15) is 23.5 Å². The molecule has 568 valence electrons. The number of hydrogen-bond donors (Lipinski definition) is 12. The van der Waals surface area contributed by atoms with Gasteiger partial charge in [-0.15, -0.1) is 0 Å². The Kier molecular flexibility index (Phi) is 42.3. The summed E-state index contributed by atoms with van der Waals surface area (Å²) >= 11 is 2.74. The summed E-state index contributed by atoms with van der Waals surface area (Å²) in [6.07, 6.45) is 8.80. The maximum atomic E-state index is 13.3. The number of likely N-dealkylation sites (N-methyl/N-ethyl adjacent to an activating group) is 1. The van der Waals surface area contributed by atoms with E-state index in [1.165, 1.54) is 33.3 Å². The van der Waals surface area contributed by atoms with E-state index in [9.17, 15) is 76.7 Å². The fraction of sp³-hybridized carbons (Fsp3) is 0.676. The highest BCUT2D eigenvalue weighted by molar-refractivity contribution is 8.00. The van der Waals surface area contributed by atoms with E-state index in [1.807, 2.05) is 20.8 Å². The number of carbonyl (C=O) groups is 16. The Labute approximate surface area is 606 Å². The first-order valence-corrected chi connectivity index (χ1v) is 36.7. The molecule has 101 heavy (non-hydrogen) atoms. The van der Waals surface area contributed by atoms with E-state index >= 15 is 0 Å². The van der Waals surface area contributed by atoms with Crippen molar-refractivity contribution in [1.29, 1.82) is 0 Å². The Morgan fingerprint density at radius 2 is 0.911 bits per heavy atom. The van der Waals surface area contributed by atoms with E-state index in [4.69, 9.17) is 21.3 Å². The fourth-order valence-corrected chi connectivity index (χ4v) is 11.8. The predicted molar refractivity (Wildman–Crippen MR) is 384 cm³/mol. The number of nitrogens with zero attached hydrogens (tertiary/aromatic N) is 2. The Hall–Kier alpha value is -8.20. The van der Waals surface area contributed by atoms with Gasteiger partial charge in [-0.1, -0.05) is 85.6 Å². The minimum Gasteiger partial charge on any atom is -0.463 e. The molecule has 2 aliphatic heterocycles. The van der Waals surface area contributed by atoms with Gasteiger partial charge in [0.2, 0.25) is 53.2 Å². The molecule has 31 nitrogen and oxygen atoms in total. The summed E-state index contributed by atoms with van der Waals surface area (Å²) in [5.41, 5.74) is 16.4. The van der Waals surface area contributed by atoms with E-state index in [0.717, 1.165) is 0 Å². The van der Waals surface area contributed by atoms with Crippen molar-refractivity contribution >= 4 is 119 Å². The molecule has 0 radical (unpaired) electrons. The molecular weight excluding hydrogens is 1350 g/mol. The number of amides is 15. The summed E-state index contributed by atoms with van der Waals surface area (Å²) in [4.78, 5) is 195. The van der Waals surface area contributed by atoms with Crippen molar-refractivity contribution in [2.24, 2.45) is 35.0 Å². The molecule has 3 rings (SSSR count). The van der Waals surface area contributed by atoms with Crippen LogP contribution in [0.15, 0.2) is 24.3 Å². The topological polar surface area (TPSA) is 475 Å². The number of primary amides is 3. The molecule has 0 bridgehead atoms. The maximum Gasteiger partial charge on any atom is 0.312 e. The van der Waals surface area contributed by atoms with Gasteiger partial charge in [0, 0.05) is 67.6 Å². The van der Waals surface area contributed by atoms with Crippen LogP contribution in [-0.2, 0) is 80.1 Å². The number of Topliss-reactive ketones (excluding diaryl/α,β-unsaturated/α-hetero) is 3. The Balaban J connectivity index is 0.000000830. The number of ketones is 3. The lowest BCUT2D eigenvalue weighted by Crippen LogP contribution is -2.54. The summed E-state index contributed by atoms with van der Waals surface area (Å²) in [7, 11) is 0. The lowest BCUT2D eigenvalue weighted by molar-refractivity contribution is -0.139. The minimum absolute atomic E-state index is 0.00201. The van der Waals surface area contributed by atoms with Crippen LogP contribution in [0.1, 0.15) is 180 Å². The minimum atomic E-state index is -1.14. The summed E-state index contributed by atoms with van der Waals surface area (Å²) in [5.74, 6) is -4.05. The van der Waals surface area contributed by atoms with Crippen LogP contribution in [0.5, 0.6) is 0 Å². The molecule has 15 N–H and O–H groups in total. The average molecular weight is 1460 g/mol. The van der Waals surface area contributed by atoms with Crippen molar-refractivity contribution in [3.05, 3.63) is 35.4 Å².